The van der Waals surface area contributed by atoms with Gasteiger partial charge in [0.1, 0.15) is 27.5 Å². The lowest BCUT2D eigenvalue weighted by atomic mass is 10.1. The highest BCUT2D eigenvalue weighted by atomic mass is 32.1. The molecule has 0 radical (unpaired) electrons. The maximum atomic E-state index is 13.6. The molecule has 5 aromatic rings. The number of hydrogen-bond donors (Lipinski definition) is 2. The molecule has 0 fully saturated rings. The van der Waals surface area contributed by atoms with E-state index < -0.39 is 0 Å². The molecule has 0 spiro atoms. The first kappa shape index (κ1) is 29.0. The molecule has 42 heavy (non-hydrogen) atoms. The van der Waals surface area contributed by atoms with Gasteiger partial charge in [0.15, 0.2) is 5.82 Å². The molecule has 0 aliphatic heterocycles. The molecule has 0 saturated carbocycles. The Kier molecular flexibility index (Phi) is 9.60. The molecule has 5 rings (SSSR count). The molecule has 0 saturated heterocycles. The Morgan fingerprint density at radius 1 is 1.05 bits per heavy atom. The smallest absolute Gasteiger partial charge is 0.248 e. The van der Waals surface area contributed by atoms with Gasteiger partial charge in [0, 0.05) is 23.9 Å². The van der Waals surface area contributed by atoms with Gasteiger partial charge in [-0.25, -0.2) is 19.3 Å². The van der Waals surface area contributed by atoms with Gasteiger partial charge in [-0.05, 0) is 61.6 Å². The zero-order valence-corrected chi connectivity index (χ0v) is 24.1. The van der Waals surface area contributed by atoms with Crippen LogP contribution in [0.5, 0.6) is 0 Å². The van der Waals surface area contributed by atoms with Gasteiger partial charge >= 0.3 is 0 Å². The number of anilines is 2. The van der Waals surface area contributed by atoms with Crippen LogP contribution in [0.2, 0.25) is 0 Å². The standard InChI is InChI=1S/C32H31FN6O2S/c1-39(2)17-7-12-28(40)36-26-15-13-24(14-16-26)31-38-29-30(34-21-35-32(29)42-31)37-27(23-9-4-3-5-10-23)20-41-19-22-8-6-11-25(33)18-22/h3-16,18,21,27H,17,19-20H2,1-2H3,(H,36,40)(H,34,35,37). The van der Waals surface area contributed by atoms with E-state index in [1.54, 1.807) is 6.07 Å². The number of benzene rings is 3. The maximum absolute atomic E-state index is 13.6. The predicted octanol–water partition coefficient (Wildman–Crippen LogP) is 6.32. The number of hydrogen-bond acceptors (Lipinski definition) is 8. The minimum Gasteiger partial charge on any atom is -0.374 e. The van der Waals surface area contributed by atoms with Gasteiger partial charge in [0.05, 0.1) is 19.3 Å². The van der Waals surface area contributed by atoms with E-state index in [9.17, 15) is 9.18 Å². The zero-order valence-electron chi connectivity index (χ0n) is 23.3. The van der Waals surface area contributed by atoms with Crippen molar-refractivity contribution in [1.82, 2.24) is 19.9 Å². The third-order valence-corrected chi connectivity index (χ3v) is 7.30. The van der Waals surface area contributed by atoms with Crippen molar-refractivity contribution in [2.45, 2.75) is 12.6 Å². The number of carbonyl (C=O) groups is 1. The van der Waals surface area contributed by atoms with Gasteiger partial charge in [0.25, 0.3) is 0 Å². The number of thiazole rings is 1. The summed E-state index contributed by atoms with van der Waals surface area (Å²) in [5.74, 6) is 0.131. The lowest BCUT2D eigenvalue weighted by molar-refractivity contribution is -0.111. The van der Waals surface area contributed by atoms with Crippen LogP contribution in [0.3, 0.4) is 0 Å². The van der Waals surface area contributed by atoms with Crippen LogP contribution in [-0.4, -0.2) is 53.0 Å². The Labute approximate surface area is 247 Å². The van der Waals surface area contributed by atoms with Crippen LogP contribution in [0.1, 0.15) is 17.2 Å². The molecule has 1 atom stereocenters. The number of halogens is 1. The molecule has 1 unspecified atom stereocenters. The second kappa shape index (κ2) is 13.9. The van der Waals surface area contributed by atoms with Gasteiger partial charge in [-0.1, -0.05) is 59.9 Å². The van der Waals surface area contributed by atoms with Gasteiger partial charge in [-0.2, -0.15) is 0 Å². The molecular formula is C32H31FN6O2S. The third-order valence-electron chi connectivity index (χ3n) is 6.29. The number of likely N-dealkylation sites (N-methyl/N-ethyl adjacent to an activating group) is 1. The van der Waals surface area contributed by atoms with E-state index in [0.717, 1.165) is 26.5 Å². The molecule has 0 aliphatic rings. The summed E-state index contributed by atoms with van der Waals surface area (Å²) < 4.78 is 19.6. The molecule has 0 bridgehead atoms. The Morgan fingerprint density at radius 3 is 2.62 bits per heavy atom. The number of ether oxygens (including phenoxy) is 1. The van der Waals surface area contributed by atoms with Gasteiger partial charge in [0.2, 0.25) is 5.91 Å². The lowest BCUT2D eigenvalue weighted by Gasteiger charge is -2.20. The topological polar surface area (TPSA) is 92.3 Å². The van der Waals surface area contributed by atoms with Crippen LogP contribution in [0.4, 0.5) is 15.9 Å². The Bertz CT molecular complexity index is 1660. The minimum atomic E-state index is -0.288. The van der Waals surface area contributed by atoms with Crippen LogP contribution in [-0.2, 0) is 16.1 Å². The number of amides is 1. The first-order valence-corrected chi connectivity index (χ1v) is 14.2. The number of fused-ring (bicyclic) bond motifs is 1. The van der Waals surface area contributed by atoms with E-state index in [-0.39, 0.29) is 24.4 Å². The fourth-order valence-corrected chi connectivity index (χ4v) is 5.14. The summed E-state index contributed by atoms with van der Waals surface area (Å²) in [4.78, 5) is 28.7. The molecule has 2 heterocycles. The Hall–Kier alpha value is -4.51. The Morgan fingerprint density at radius 2 is 1.86 bits per heavy atom. The molecule has 2 N–H and O–H groups in total. The Balaban J connectivity index is 1.31. The molecule has 1 amide bonds. The molecule has 8 nitrogen and oxygen atoms in total. The number of nitrogens with zero attached hydrogens (tertiary/aromatic N) is 4. The monoisotopic (exact) mass is 582 g/mol. The van der Waals surface area contributed by atoms with Crippen LogP contribution in [0.15, 0.2) is 97.3 Å². The van der Waals surface area contributed by atoms with Gasteiger partial charge in [-0.15, -0.1) is 0 Å². The molecular weight excluding hydrogens is 551 g/mol. The van der Waals surface area contributed by atoms with Crippen molar-refractivity contribution in [3.05, 3.63) is 114 Å². The molecule has 3 aromatic carbocycles. The fourth-order valence-electron chi connectivity index (χ4n) is 4.23. The van der Waals surface area contributed by atoms with Crippen LogP contribution >= 0.6 is 11.3 Å². The molecule has 2 aromatic heterocycles. The molecule has 0 aliphatic carbocycles. The third kappa shape index (κ3) is 7.82. The quantitative estimate of drug-likeness (QED) is 0.166. The average molecular weight is 583 g/mol. The SMILES string of the molecule is CN(C)CC=CC(=O)Nc1ccc(-c2nc3c(NC(COCc4cccc(F)c4)c4ccccc4)ncnc3s2)cc1. The van der Waals surface area contributed by atoms with Gasteiger partial charge < -0.3 is 20.3 Å². The van der Waals surface area contributed by atoms with Crippen molar-refractivity contribution >= 4 is 39.1 Å². The first-order chi connectivity index (χ1) is 20.4. The van der Waals surface area contributed by atoms with E-state index >= 15 is 0 Å². The first-order valence-electron chi connectivity index (χ1n) is 13.4. The van der Waals surface area contributed by atoms with Crippen molar-refractivity contribution in [3.8, 4) is 10.6 Å². The summed E-state index contributed by atoms with van der Waals surface area (Å²) in [5, 5.41) is 7.15. The van der Waals surface area contributed by atoms with Crippen molar-refractivity contribution < 1.29 is 13.9 Å². The zero-order chi connectivity index (χ0) is 29.3. The maximum Gasteiger partial charge on any atom is 0.248 e. The van der Waals surface area contributed by atoms with E-state index in [1.165, 1.54) is 35.9 Å². The normalized spacial score (nSPS) is 12.2. The summed E-state index contributed by atoms with van der Waals surface area (Å²) >= 11 is 1.47. The van der Waals surface area contributed by atoms with Crippen molar-refractivity contribution in [3.63, 3.8) is 0 Å². The van der Waals surface area contributed by atoms with E-state index in [0.29, 0.717) is 30.2 Å². The highest BCUT2D eigenvalue weighted by Gasteiger charge is 2.18. The number of aromatic nitrogens is 3. The second-order valence-electron chi connectivity index (χ2n) is 9.88. The fraction of sp³-hybridized carbons (Fsp3) is 0.188. The predicted molar refractivity (Wildman–Crippen MR) is 166 cm³/mol. The number of carbonyl (C=O) groups excluding carboxylic acids is 1. The highest BCUT2D eigenvalue weighted by molar-refractivity contribution is 7.21. The summed E-state index contributed by atoms with van der Waals surface area (Å²) in [6.45, 7) is 1.31. The van der Waals surface area contributed by atoms with Crippen LogP contribution in [0.25, 0.3) is 20.9 Å². The molecule has 10 heteroatoms. The van der Waals surface area contributed by atoms with E-state index in [4.69, 9.17) is 9.72 Å². The molecule has 214 valence electrons. The highest BCUT2D eigenvalue weighted by Crippen LogP contribution is 2.33. The number of nitrogens with one attached hydrogen (secondary N) is 2. The van der Waals surface area contributed by atoms with Crippen molar-refractivity contribution in [1.29, 1.82) is 0 Å². The minimum absolute atomic E-state index is 0.177. The summed E-state index contributed by atoms with van der Waals surface area (Å²) in [5.41, 5.74) is 4.05. The van der Waals surface area contributed by atoms with Crippen LogP contribution in [0, 0.1) is 5.82 Å². The van der Waals surface area contributed by atoms with Crippen molar-refractivity contribution in [2.75, 3.05) is 37.9 Å². The van der Waals surface area contributed by atoms with Crippen LogP contribution < -0.4 is 10.6 Å². The van der Waals surface area contributed by atoms with Gasteiger partial charge in [-0.3, -0.25) is 4.79 Å². The van der Waals surface area contributed by atoms with E-state index in [1.807, 2.05) is 85.7 Å². The second-order valence-corrected chi connectivity index (χ2v) is 10.9. The number of rotatable bonds is 12. The summed E-state index contributed by atoms with van der Waals surface area (Å²) in [6.07, 6.45) is 4.87. The largest absolute Gasteiger partial charge is 0.374 e. The van der Waals surface area contributed by atoms with E-state index in [2.05, 4.69) is 20.6 Å². The summed E-state index contributed by atoms with van der Waals surface area (Å²) in [6, 6.07) is 23.7. The van der Waals surface area contributed by atoms with Crippen molar-refractivity contribution in [2.24, 2.45) is 0 Å². The lowest BCUT2D eigenvalue weighted by Crippen LogP contribution is -2.18. The average Bonchev–Trinajstić information content (AvgIpc) is 3.43. The summed E-state index contributed by atoms with van der Waals surface area (Å²) in [7, 11) is 3.89.